The van der Waals surface area contributed by atoms with Crippen LogP contribution in [-0.4, -0.2) is 65.6 Å². The highest BCUT2D eigenvalue weighted by Gasteiger charge is 2.31. The van der Waals surface area contributed by atoms with Crippen LogP contribution in [0.1, 0.15) is 35.6 Å². The van der Waals surface area contributed by atoms with Gasteiger partial charge in [0.1, 0.15) is 11.4 Å². The van der Waals surface area contributed by atoms with Gasteiger partial charge in [0.15, 0.2) is 23.1 Å². The average Bonchev–Trinajstić information content (AvgIpc) is 3.39. The van der Waals surface area contributed by atoms with Gasteiger partial charge < -0.3 is 19.7 Å². The van der Waals surface area contributed by atoms with Crippen molar-refractivity contribution < 1.29 is 23.0 Å². The molecule has 0 saturated carbocycles. The highest BCUT2D eigenvalue weighted by molar-refractivity contribution is 6.01. The van der Waals surface area contributed by atoms with Gasteiger partial charge in [0.05, 0.1) is 26.5 Å². The number of fused-ring (bicyclic) bond motifs is 1. The van der Waals surface area contributed by atoms with Gasteiger partial charge in [-0.2, -0.15) is 10.2 Å². The zero-order chi connectivity index (χ0) is 26.7. The number of aromatic nitrogens is 4. The molecule has 2 aromatic heterocycles. The monoisotopic (exact) mass is 514 g/mol. The van der Waals surface area contributed by atoms with Crippen molar-refractivity contribution in [3.05, 3.63) is 53.4 Å². The number of likely N-dealkylation sites (N-methyl/N-ethyl adjacent to an activating group) is 1. The summed E-state index contributed by atoms with van der Waals surface area (Å²) in [6, 6.07) is 1.22. The normalized spacial score (nSPS) is 15.3. The Morgan fingerprint density at radius 1 is 1.27 bits per heavy atom. The topological polar surface area (TPSA) is 97.3 Å². The summed E-state index contributed by atoms with van der Waals surface area (Å²) in [7, 11) is 6.62. The lowest BCUT2D eigenvalue weighted by Crippen LogP contribution is -2.18. The Morgan fingerprint density at radius 3 is 2.59 bits per heavy atom. The molecule has 0 bridgehead atoms. The zero-order valence-corrected chi connectivity index (χ0v) is 21.5. The van der Waals surface area contributed by atoms with E-state index in [0.29, 0.717) is 49.3 Å². The standard InChI is InChI=1S/C26H32F2N6O3/c1-6-21(35)29-18-14-34(11-10-33(2)3)32-26(18)25-16-9-7-8-15(12-17(16)30-31-25)22-23(27)19(36-4)13-20(37-5)24(22)28/h6,13-15H,1,7-12H2,2-5H3,(H,29,35)(H,30,31). The Morgan fingerprint density at radius 2 is 1.97 bits per heavy atom. The van der Waals surface area contributed by atoms with E-state index >= 15 is 8.78 Å². The quantitative estimate of drug-likeness (QED) is 0.332. The van der Waals surface area contributed by atoms with E-state index in [9.17, 15) is 4.79 Å². The molecule has 9 nitrogen and oxygen atoms in total. The van der Waals surface area contributed by atoms with Crippen LogP contribution in [0.25, 0.3) is 11.4 Å². The molecule has 1 aliphatic rings. The van der Waals surface area contributed by atoms with E-state index in [1.54, 1.807) is 10.9 Å². The van der Waals surface area contributed by atoms with E-state index in [1.165, 1.54) is 26.4 Å². The summed E-state index contributed by atoms with van der Waals surface area (Å²) < 4.78 is 42.5. The Hall–Kier alpha value is -3.73. The fourth-order valence-electron chi connectivity index (χ4n) is 4.71. The molecule has 0 saturated heterocycles. The maximum Gasteiger partial charge on any atom is 0.247 e. The van der Waals surface area contributed by atoms with E-state index < -0.39 is 17.6 Å². The molecule has 0 aliphatic heterocycles. The van der Waals surface area contributed by atoms with Crippen LogP contribution in [0.4, 0.5) is 14.5 Å². The second-order valence-corrected chi connectivity index (χ2v) is 9.30. The van der Waals surface area contributed by atoms with Crippen LogP contribution in [0.3, 0.4) is 0 Å². The van der Waals surface area contributed by atoms with Crippen LogP contribution in [0, 0.1) is 11.6 Å². The zero-order valence-electron chi connectivity index (χ0n) is 21.5. The van der Waals surface area contributed by atoms with E-state index in [4.69, 9.17) is 14.6 Å². The molecular weight excluding hydrogens is 482 g/mol. The summed E-state index contributed by atoms with van der Waals surface area (Å²) in [5.41, 5.74) is 3.32. The predicted octanol–water partition coefficient (Wildman–Crippen LogP) is 3.92. The van der Waals surface area contributed by atoms with Crippen LogP contribution in [-0.2, 0) is 24.2 Å². The first kappa shape index (κ1) is 26.3. The third-order valence-corrected chi connectivity index (χ3v) is 6.60. The van der Waals surface area contributed by atoms with Crippen molar-refractivity contribution in [3.8, 4) is 22.9 Å². The van der Waals surface area contributed by atoms with Gasteiger partial charge in [-0.1, -0.05) is 6.58 Å². The second-order valence-electron chi connectivity index (χ2n) is 9.30. The molecule has 0 radical (unpaired) electrons. The number of H-pyrrole nitrogens is 1. The van der Waals surface area contributed by atoms with Crippen LogP contribution in [0.2, 0.25) is 0 Å². The number of amides is 1. The number of methoxy groups -OCH3 is 2. The van der Waals surface area contributed by atoms with Crippen molar-refractivity contribution in [2.45, 2.75) is 38.1 Å². The number of anilines is 1. The first-order valence-electron chi connectivity index (χ1n) is 12.1. The van der Waals surface area contributed by atoms with E-state index in [1.807, 2.05) is 19.0 Å². The van der Waals surface area contributed by atoms with Crippen LogP contribution in [0.15, 0.2) is 24.9 Å². The largest absolute Gasteiger partial charge is 0.494 e. The highest BCUT2D eigenvalue weighted by Crippen LogP contribution is 2.41. The first-order chi connectivity index (χ1) is 17.8. The number of benzene rings is 1. The van der Waals surface area contributed by atoms with Crippen molar-refractivity contribution in [3.63, 3.8) is 0 Å². The molecule has 1 unspecified atom stereocenters. The minimum absolute atomic E-state index is 0.0490. The third-order valence-electron chi connectivity index (χ3n) is 6.60. The number of hydrogen-bond acceptors (Lipinski definition) is 6. The molecule has 4 rings (SSSR count). The first-order valence-corrected chi connectivity index (χ1v) is 12.1. The molecule has 1 aliphatic carbocycles. The number of halogens is 2. The van der Waals surface area contributed by atoms with Crippen molar-refractivity contribution in [2.75, 3.05) is 40.2 Å². The molecule has 198 valence electrons. The smallest absolute Gasteiger partial charge is 0.247 e. The molecule has 2 heterocycles. The summed E-state index contributed by atoms with van der Waals surface area (Å²) >= 11 is 0. The van der Waals surface area contributed by atoms with E-state index in [2.05, 4.69) is 22.1 Å². The SMILES string of the molecule is C=CC(=O)Nc1cn(CCN(C)C)nc1-c1n[nH]c2c1CCCC(c1c(F)c(OC)cc(OC)c1F)C2. The van der Waals surface area contributed by atoms with Gasteiger partial charge in [-0.05, 0) is 51.8 Å². The van der Waals surface area contributed by atoms with Gasteiger partial charge >= 0.3 is 0 Å². The van der Waals surface area contributed by atoms with Crippen molar-refractivity contribution >= 4 is 11.6 Å². The fourth-order valence-corrected chi connectivity index (χ4v) is 4.71. The van der Waals surface area contributed by atoms with Gasteiger partial charge in [-0.25, -0.2) is 8.78 Å². The van der Waals surface area contributed by atoms with Crippen LogP contribution >= 0.6 is 0 Å². The number of rotatable bonds is 9. The molecule has 37 heavy (non-hydrogen) atoms. The maximum absolute atomic E-state index is 15.2. The lowest BCUT2D eigenvalue weighted by Gasteiger charge is -2.19. The lowest BCUT2D eigenvalue weighted by atomic mass is 9.90. The van der Waals surface area contributed by atoms with Gasteiger partial charge in [0.2, 0.25) is 5.91 Å². The number of nitrogens with zero attached hydrogens (tertiary/aromatic N) is 4. The fraction of sp³-hybridized carbons (Fsp3) is 0.423. The number of ether oxygens (including phenoxy) is 2. The second kappa shape index (κ2) is 11.1. The average molecular weight is 515 g/mol. The number of aromatic amines is 1. The summed E-state index contributed by atoms with van der Waals surface area (Å²) in [4.78, 5) is 14.1. The molecule has 1 aromatic carbocycles. The van der Waals surface area contributed by atoms with Crippen molar-refractivity contribution in [1.29, 1.82) is 0 Å². The number of carbonyl (C=O) groups is 1. The van der Waals surface area contributed by atoms with Gasteiger partial charge in [0, 0.05) is 35.6 Å². The minimum Gasteiger partial charge on any atom is -0.494 e. The van der Waals surface area contributed by atoms with Gasteiger partial charge in [-0.3, -0.25) is 14.6 Å². The molecular formula is C26H32F2N6O3. The molecule has 2 N–H and O–H groups in total. The number of nitrogens with one attached hydrogen (secondary N) is 2. The summed E-state index contributed by atoms with van der Waals surface area (Å²) in [5, 5.41) is 15.1. The van der Waals surface area contributed by atoms with Gasteiger partial charge in [0.25, 0.3) is 0 Å². The Balaban J connectivity index is 1.72. The molecule has 0 fully saturated rings. The van der Waals surface area contributed by atoms with Crippen LogP contribution < -0.4 is 14.8 Å². The third kappa shape index (κ3) is 5.36. The predicted molar refractivity (Wildman–Crippen MR) is 136 cm³/mol. The Bertz CT molecular complexity index is 1270. The minimum atomic E-state index is -0.719. The Labute approximate surface area is 214 Å². The van der Waals surface area contributed by atoms with Crippen molar-refractivity contribution in [2.24, 2.45) is 0 Å². The van der Waals surface area contributed by atoms with E-state index in [-0.39, 0.29) is 23.0 Å². The molecule has 0 spiro atoms. The number of carbonyl (C=O) groups excluding carboxylic acids is 1. The number of hydrogen-bond donors (Lipinski definition) is 2. The lowest BCUT2D eigenvalue weighted by molar-refractivity contribution is -0.111. The van der Waals surface area contributed by atoms with E-state index in [0.717, 1.165) is 17.8 Å². The maximum atomic E-state index is 15.2. The Kier molecular flexibility index (Phi) is 7.91. The summed E-state index contributed by atoms with van der Waals surface area (Å²) in [6.07, 6.45) is 5.20. The molecule has 3 aromatic rings. The molecule has 1 atom stereocenters. The highest BCUT2D eigenvalue weighted by atomic mass is 19.1. The molecule has 11 heteroatoms. The summed E-state index contributed by atoms with van der Waals surface area (Å²) in [6.45, 7) is 4.91. The summed E-state index contributed by atoms with van der Waals surface area (Å²) in [5.74, 6) is -2.36. The van der Waals surface area contributed by atoms with Gasteiger partial charge in [-0.15, -0.1) is 0 Å². The van der Waals surface area contributed by atoms with Crippen LogP contribution in [0.5, 0.6) is 11.5 Å². The molecule has 1 amide bonds. The van der Waals surface area contributed by atoms with Crippen molar-refractivity contribution in [1.82, 2.24) is 24.9 Å².